The van der Waals surface area contributed by atoms with Gasteiger partial charge in [0.25, 0.3) is 11.5 Å². The van der Waals surface area contributed by atoms with Gasteiger partial charge in [-0.05, 0) is 36.4 Å². The molecule has 3 aromatic rings. The number of amides is 1. The van der Waals surface area contributed by atoms with Gasteiger partial charge in [0, 0.05) is 35.9 Å². The zero-order valence-corrected chi connectivity index (χ0v) is 17.0. The number of nitrogens with zero attached hydrogens (tertiary/aromatic N) is 2. The fraction of sp³-hybridized carbons (Fsp3) is 0.136. The van der Waals surface area contributed by atoms with Crippen LogP contribution in [0, 0.1) is 5.82 Å². The molecule has 0 unspecified atom stereocenters. The number of hydrogen-bond donors (Lipinski definition) is 2. The third kappa shape index (κ3) is 3.17. The summed E-state index contributed by atoms with van der Waals surface area (Å²) in [4.78, 5) is 30.4. The van der Waals surface area contributed by atoms with Gasteiger partial charge in [-0.25, -0.2) is 4.39 Å². The lowest BCUT2D eigenvalue weighted by Gasteiger charge is -2.17. The Kier molecular flexibility index (Phi) is 5.13. The Labute approximate surface area is 177 Å². The Balaban J connectivity index is 2.07. The molecule has 2 aromatic carbocycles. The van der Waals surface area contributed by atoms with E-state index in [0.29, 0.717) is 38.9 Å². The topological polar surface area (TPSA) is 75.5 Å². The molecule has 30 heavy (non-hydrogen) atoms. The zero-order chi connectivity index (χ0) is 21.4. The lowest BCUT2D eigenvalue weighted by Crippen LogP contribution is -2.33. The first kappa shape index (κ1) is 19.8. The molecule has 0 bridgehead atoms. The molecule has 0 radical (unpaired) electrons. The van der Waals surface area contributed by atoms with Gasteiger partial charge in [0.05, 0.1) is 23.6 Å². The molecule has 0 atom stereocenters. The predicted octanol–water partition coefficient (Wildman–Crippen LogP) is 3.38. The van der Waals surface area contributed by atoms with Gasteiger partial charge in [0.15, 0.2) is 0 Å². The summed E-state index contributed by atoms with van der Waals surface area (Å²) in [6.07, 6.45) is 0. The van der Waals surface area contributed by atoms with Crippen LogP contribution in [-0.4, -0.2) is 30.3 Å². The predicted molar refractivity (Wildman–Crippen MR) is 116 cm³/mol. The molecule has 8 heteroatoms. The Morgan fingerprint density at radius 3 is 2.60 bits per heavy atom. The van der Waals surface area contributed by atoms with E-state index in [1.165, 1.54) is 17.7 Å². The van der Waals surface area contributed by atoms with E-state index in [2.05, 4.69) is 15.6 Å². The van der Waals surface area contributed by atoms with Crippen molar-refractivity contribution < 1.29 is 9.18 Å². The van der Waals surface area contributed by atoms with Crippen molar-refractivity contribution in [3.8, 4) is 5.69 Å². The van der Waals surface area contributed by atoms with E-state index in [4.69, 9.17) is 11.6 Å². The van der Waals surface area contributed by atoms with Gasteiger partial charge in [-0.1, -0.05) is 23.7 Å². The van der Waals surface area contributed by atoms with Crippen molar-refractivity contribution in [2.24, 2.45) is 4.99 Å². The summed E-state index contributed by atoms with van der Waals surface area (Å²) in [5, 5.41) is 5.83. The third-order valence-corrected chi connectivity index (χ3v) is 5.23. The Morgan fingerprint density at radius 2 is 1.90 bits per heavy atom. The lowest BCUT2D eigenvalue weighted by molar-refractivity contribution is 0.0962. The van der Waals surface area contributed by atoms with Crippen LogP contribution in [0.1, 0.15) is 27.2 Å². The molecule has 0 saturated carbocycles. The number of rotatable bonds is 3. The van der Waals surface area contributed by atoms with Crippen LogP contribution in [0.2, 0.25) is 5.02 Å². The molecular formula is C22H18ClFN4O2. The summed E-state index contributed by atoms with van der Waals surface area (Å²) in [6.45, 7) is 0.119. The number of aliphatic imine (C=N–C) groups is 1. The van der Waals surface area contributed by atoms with Gasteiger partial charge in [0.1, 0.15) is 11.4 Å². The van der Waals surface area contributed by atoms with Crippen LogP contribution in [0.15, 0.2) is 58.3 Å². The normalized spacial score (nSPS) is 12.3. The minimum absolute atomic E-state index is 0.0148. The summed E-state index contributed by atoms with van der Waals surface area (Å²) in [6, 6.07) is 13.0. The van der Waals surface area contributed by atoms with Crippen molar-refractivity contribution in [1.29, 1.82) is 0 Å². The molecular weight excluding hydrogens is 407 g/mol. The highest BCUT2D eigenvalue weighted by Crippen LogP contribution is 2.29. The molecule has 2 heterocycles. The van der Waals surface area contributed by atoms with Crippen LogP contribution in [0.25, 0.3) is 5.69 Å². The lowest BCUT2D eigenvalue weighted by atomic mass is 10.00. The van der Waals surface area contributed by atoms with Crippen LogP contribution in [0.5, 0.6) is 0 Å². The monoisotopic (exact) mass is 424 g/mol. The Hall–Kier alpha value is -3.45. The standard InChI is InChI=1S/C22H18ClFN4O2/c1-25-17-10-13-11-27-20(14-5-3-4-6-16(14)24)15-9-12(23)7-8-18(15)28(13)22(30)19(17)21(29)26-2/h3-10,25H,11H2,1-2H3,(H,26,29). The second-order valence-electron chi connectivity index (χ2n) is 6.70. The summed E-state index contributed by atoms with van der Waals surface area (Å²) >= 11 is 6.23. The number of carbonyl (C=O) groups excluding carboxylic acids is 1. The third-order valence-electron chi connectivity index (χ3n) is 4.99. The van der Waals surface area contributed by atoms with E-state index in [-0.39, 0.29) is 12.1 Å². The quantitative estimate of drug-likeness (QED) is 0.676. The van der Waals surface area contributed by atoms with Gasteiger partial charge in [-0.3, -0.25) is 19.1 Å². The molecule has 1 aliphatic rings. The fourth-order valence-corrected chi connectivity index (χ4v) is 3.78. The highest BCUT2D eigenvalue weighted by atomic mass is 35.5. The zero-order valence-electron chi connectivity index (χ0n) is 16.3. The van der Waals surface area contributed by atoms with Crippen LogP contribution >= 0.6 is 11.6 Å². The second-order valence-corrected chi connectivity index (χ2v) is 7.14. The summed E-state index contributed by atoms with van der Waals surface area (Å²) < 4.78 is 16.0. The number of pyridine rings is 1. The van der Waals surface area contributed by atoms with Crippen LogP contribution < -0.4 is 16.2 Å². The molecule has 0 fully saturated rings. The van der Waals surface area contributed by atoms with Crippen molar-refractivity contribution >= 4 is 28.9 Å². The van der Waals surface area contributed by atoms with E-state index in [1.807, 2.05) is 0 Å². The van der Waals surface area contributed by atoms with Gasteiger partial charge < -0.3 is 10.6 Å². The molecule has 0 spiro atoms. The Morgan fingerprint density at radius 1 is 1.13 bits per heavy atom. The van der Waals surface area contributed by atoms with Crippen molar-refractivity contribution in [3.63, 3.8) is 0 Å². The molecule has 1 aromatic heterocycles. The number of aromatic nitrogens is 1. The number of anilines is 1. The average molecular weight is 425 g/mol. The largest absolute Gasteiger partial charge is 0.387 e. The van der Waals surface area contributed by atoms with Crippen molar-refractivity contribution in [1.82, 2.24) is 9.88 Å². The molecule has 152 valence electrons. The Bertz CT molecular complexity index is 1270. The highest BCUT2D eigenvalue weighted by molar-refractivity contribution is 6.31. The number of halogens is 2. The number of hydrogen-bond acceptors (Lipinski definition) is 4. The first-order chi connectivity index (χ1) is 14.5. The number of carbonyl (C=O) groups is 1. The van der Waals surface area contributed by atoms with Crippen molar-refractivity contribution in [2.75, 3.05) is 19.4 Å². The highest BCUT2D eigenvalue weighted by Gasteiger charge is 2.26. The molecule has 2 N–H and O–H groups in total. The molecule has 6 nitrogen and oxygen atoms in total. The molecule has 0 saturated heterocycles. The molecule has 0 aliphatic carbocycles. The van der Waals surface area contributed by atoms with E-state index < -0.39 is 17.3 Å². The molecule has 1 amide bonds. The van der Waals surface area contributed by atoms with Gasteiger partial charge in [-0.2, -0.15) is 0 Å². The summed E-state index contributed by atoms with van der Waals surface area (Å²) in [5.41, 5.74) is 2.13. The average Bonchev–Trinajstić information content (AvgIpc) is 2.90. The minimum atomic E-state index is -0.505. The maximum Gasteiger partial charge on any atom is 0.270 e. The number of fused-ring (bicyclic) bond motifs is 3. The minimum Gasteiger partial charge on any atom is -0.387 e. The maximum absolute atomic E-state index is 14.6. The van der Waals surface area contributed by atoms with Crippen LogP contribution in [0.4, 0.5) is 10.1 Å². The van der Waals surface area contributed by atoms with Gasteiger partial charge in [0.2, 0.25) is 0 Å². The number of nitrogens with one attached hydrogen (secondary N) is 2. The second kappa shape index (κ2) is 7.76. The van der Waals surface area contributed by atoms with Crippen molar-refractivity contribution in [3.05, 3.63) is 92.1 Å². The smallest absolute Gasteiger partial charge is 0.270 e. The summed E-state index contributed by atoms with van der Waals surface area (Å²) in [7, 11) is 3.10. The van der Waals surface area contributed by atoms with E-state index in [1.54, 1.807) is 49.5 Å². The number of benzene rings is 2. The summed E-state index contributed by atoms with van der Waals surface area (Å²) in [5.74, 6) is -0.933. The van der Waals surface area contributed by atoms with Crippen molar-refractivity contribution in [2.45, 2.75) is 6.54 Å². The van der Waals surface area contributed by atoms with Gasteiger partial charge in [-0.15, -0.1) is 0 Å². The first-order valence-electron chi connectivity index (χ1n) is 9.24. The van der Waals surface area contributed by atoms with Crippen LogP contribution in [0.3, 0.4) is 0 Å². The SMILES string of the molecule is CNC(=O)c1c(NC)cc2n(c1=O)-c1ccc(Cl)cc1C(c1ccccc1F)=NC2. The van der Waals surface area contributed by atoms with E-state index >= 15 is 0 Å². The van der Waals surface area contributed by atoms with Gasteiger partial charge >= 0.3 is 0 Å². The first-order valence-corrected chi connectivity index (χ1v) is 9.62. The van der Waals surface area contributed by atoms with Crippen LogP contribution in [-0.2, 0) is 6.54 Å². The maximum atomic E-state index is 14.6. The fourth-order valence-electron chi connectivity index (χ4n) is 3.60. The van der Waals surface area contributed by atoms with E-state index in [0.717, 1.165) is 0 Å². The molecule has 1 aliphatic heterocycles. The van der Waals surface area contributed by atoms with E-state index in [9.17, 15) is 14.0 Å². The molecule has 4 rings (SSSR count).